The summed E-state index contributed by atoms with van der Waals surface area (Å²) in [6, 6.07) is 30.5. The SMILES string of the molecule is CC(C(=O)O)c1nccn1C(c1ccccc1)(c1ccccc1)c1ccccc1. The quantitative estimate of drug-likeness (QED) is 0.482. The number of nitrogens with zero attached hydrogens (tertiary/aromatic N) is 2. The van der Waals surface area contributed by atoms with Crippen molar-refractivity contribution in [2.75, 3.05) is 0 Å². The second kappa shape index (κ2) is 7.76. The first-order valence-electron chi connectivity index (χ1n) is 9.59. The number of hydrogen-bond donors (Lipinski definition) is 1. The number of benzene rings is 3. The molecule has 3 aromatic carbocycles. The summed E-state index contributed by atoms with van der Waals surface area (Å²) in [5.74, 6) is -1.14. The zero-order valence-corrected chi connectivity index (χ0v) is 16.1. The van der Waals surface area contributed by atoms with E-state index in [1.807, 2.05) is 65.4 Å². The van der Waals surface area contributed by atoms with Gasteiger partial charge in [0, 0.05) is 12.4 Å². The van der Waals surface area contributed by atoms with Gasteiger partial charge >= 0.3 is 5.97 Å². The van der Waals surface area contributed by atoms with E-state index in [0.717, 1.165) is 16.7 Å². The Morgan fingerprint density at radius 3 is 1.62 bits per heavy atom. The van der Waals surface area contributed by atoms with Crippen LogP contribution in [0.25, 0.3) is 0 Å². The van der Waals surface area contributed by atoms with Crippen LogP contribution in [0.2, 0.25) is 0 Å². The largest absolute Gasteiger partial charge is 0.481 e. The lowest BCUT2D eigenvalue weighted by Crippen LogP contribution is -2.39. The van der Waals surface area contributed by atoms with Gasteiger partial charge in [-0.05, 0) is 23.6 Å². The average Bonchev–Trinajstić information content (AvgIpc) is 3.26. The summed E-state index contributed by atoms with van der Waals surface area (Å²) in [4.78, 5) is 16.3. The Hall–Kier alpha value is -3.66. The number of aliphatic carboxylic acids is 1. The van der Waals surface area contributed by atoms with E-state index in [9.17, 15) is 9.90 Å². The Labute approximate surface area is 170 Å². The van der Waals surface area contributed by atoms with Gasteiger partial charge in [0.25, 0.3) is 0 Å². The van der Waals surface area contributed by atoms with Crippen molar-refractivity contribution >= 4 is 5.97 Å². The predicted molar refractivity (Wildman–Crippen MR) is 113 cm³/mol. The lowest BCUT2D eigenvalue weighted by molar-refractivity contribution is -0.138. The van der Waals surface area contributed by atoms with Gasteiger partial charge < -0.3 is 9.67 Å². The van der Waals surface area contributed by atoms with Crippen LogP contribution in [-0.2, 0) is 10.3 Å². The summed E-state index contributed by atoms with van der Waals surface area (Å²) < 4.78 is 2.01. The van der Waals surface area contributed by atoms with Crippen LogP contribution in [0.1, 0.15) is 35.4 Å². The Balaban J connectivity index is 2.13. The predicted octanol–water partition coefficient (Wildman–Crippen LogP) is 4.91. The molecule has 1 N–H and O–H groups in total. The molecule has 1 heterocycles. The summed E-state index contributed by atoms with van der Waals surface area (Å²) in [5.41, 5.74) is 2.36. The molecule has 1 aromatic heterocycles. The maximum absolute atomic E-state index is 11.8. The van der Waals surface area contributed by atoms with Crippen LogP contribution in [0.15, 0.2) is 103 Å². The topological polar surface area (TPSA) is 55.1 Å². The van der Waals surface area contributed by atoms with Gasteiger partial charge in [-0.15, -0.1) is 0 Å². The lowest BCUT2D eigenvalue weighted by atomic mass is 9.76. The van der Waals surface area contributed by atoms with Crippen molar-refractivity contribution in [1.29, 1.82) is 0 Å². The van der Waals surface area contributed by atoms with Gasteiger partial charge in [0.1, 0.15) is 17.3 Å². The fourth-order valence-electron chi connectivity index (χ4n) is 3.98. The van der Waals surface area contributed by atoms with Gasteiger partial charge in [-0.25, -0.2) is 4.98 Å². The molecule has 0 saturated heterocycles. The molecular weight excluding hydrogens is 360 g/mol. The van der Waals surface area contributed by atoms with Crippen LogP contribution < -0.4 is 0 Å². The third-order valence-electron chi connectivity index (χ3n) is 5.36. The van der Waals surface area contributed by atoms with Crippen LogP contribution in [0, 0.1) is 0 Å². The molecule has 0 bridgehead atoms. The van der Waals surface area contributed by atoms with Crippen LogP contribution in [0.5, 0.6) is 0 Å². The van der Waals surface area contributed by atoms with Crippen molar-refractivity contribution < 1.29 is 9.90 Å². The smallest absolute Gasteiger partial charge is 0.313 e. The number of carbonyl (C=O) groups is 1. The monoisotopic (exact) mass is 382 g/mol. The van der Waals surface area contributed by atoms with Crippen molar-refractivity contribution in [2.45, 2.75) is 18.4 Å². The Bertz CT molecular complexity index is 993. The van der Waals surface area contributed by atoms with Gasteiger partial charge in [-0.1, -0.05) is 91.0 Å². The lowest BCUT2D eigenvalue weighted by Gasteiger charge is -2.39. The molecule has 29 heavy (non-hydrogen) atoms. The second-order valence-corrected chi connectivity index (χ2v) is 7.02. The molecule has 1 atom stereocenters. The average molecular weight is 382 g/mol. The molecule has 4 heteroatoms. The highest BCUT2D eigenvalue weighted by molar-refractivity contribution is 5.74. The fraction of sp³-hybridized carbons (Fsp3) is 0.120. The molecule has 0 saturated carbocycles. The molecule has 0 aliphatic rings. The van der Waals surface area contributed by atoms with Crippen molar-refractivity contribution in [3.8, 4) is 0 Å². The highest BCUT2D eigenvalue weighted by atomic mass is 16.4. The molecule has 0 aliphatic heterocycles. The molecule has 4 nitrogen and oxygen atoms in total. The Kier molecular flexibility index (Phi) is 5.00. The maximum atomic E-state index is 11.8. The summed E-state index contributed by atoms with van der Waals surface area (Å²) in [6.45, 7) is 1.67. The molecule has 1 unspecified atom stereocenters. The number of rotatable bonds is 6. The van der Waals surface area contributed by atoms with E-state index in [2.05, 4.69) is 41.4 Å². The normalized spacial score (nSPS) is 12.4. The Morgan fingerprint density at radius 1 is 0.828 bits per heavy atom. The van der Waals surface area contributed by atoms with Crippen molar-refractivity contribution in [3.05, 3.63) is 126 Å². The third kappa shape index (κ3) is 3.13. The summed E-state index contributed by atoms with van der Waals surface area (Å²) in [6.07, 6.45) is 3.56. The first-order chi connectivity index (χ1) is 14.2. The van der Waals surface area contributed by atoms with Gasteiger partial charge in [0.2, 0.25) is 0 Å². The van der Waals surface area contributed by atoms with E-state index in [4.69, 9.17) is 0 Å². The molecule has 4 rings (SSSR count). The zero-order chi connectivity index (χ0) is 20.3. The molecule has 0 aliphatic carbocycles. The van der Waals surface area contributed by atoms with Gasteiger partial charge in [-0.2, -0.15) is 0 Å². The van der Waals surface area contributed by atoms with Gasteiger partial charge in [0.15, 0.2) is 0 Å². The summed E-state index contributed by atoms with van der Waals surface area (Å²) in [7, 11) is 0. The maximum Gasteiger partial charge on any atom is 0.313 e. The number of carboxylic acid groups (broad SMARTS) is 1. The van der Waals surface area contributed by atoms with Gasteiger partial charge in [0.05, 0.1) is 0 Å². The molecule has 144 valence electrons. The standard InChI is InChI=1S/C25H22N2O2/c1-19(24(28)29)23-26-17-18-27(23)25(20-11-5-2-6-12-20,21-13-7-3-8-14-21)22-15-9-4-10-16-22/h2-19H,1H3,(H,28,29). The van der Waals surface area contributed by atoms with Gasteiger partial charge in [-0.3, -0.25) is 4.79 Å². The number of carboxylic acids is 1. The van der Waals surface area contributed by atoms with Crippen LogP contribution in [-0.4, -0.2) is 20.6 Å². The van der Waals surface area contributed by atoms with E-state index in [-0.39, 0.29) is 0 Å². The summed E-state index contributed by atoms with van der Waals surface area (Å²) >= 11 is 0. The molecule has 0 radical (unpaired) electrons. The molecule has 0 amide bonds. The van der Waals surface area contributed by atoms with E-state index in [1.54, 1.807) is 13.1 Å². The minimum atomic E-state index is -0.902. The third-order valence-corrected chi connectivity index (χ3v) is 5.36. The van der Waals surface area contributed by atoms with E-state index < -0.39 is 17.4 Å². The minimum absolute atomic E-state index is 0.508. The second-order valence-electron chi connectivity index (χ2n) is 7.02. The highest BCUT2D eigenvalue weighted by Gasteiger charge is 2.40. The van der Waals surface area contributed by atoms with E-state index >= 15 is 0 Å². The number of hydrogen-bond acceptors (Lipinski definition) is 2. The molecule has 0 spiro atoms. The number of imidazole rings is 1. The van der Waals surface area contributed by atoms with Crippen molar-refractivity contribution in [2.24, 2.45) is 0 Å². The zero-order valence-electron chi connectivity index (χ0n) is 16.1. The number of aromatic nitrogens is 2. The van der Waals surface area contributed by atoms with Crippen molar-refractivity contribution in [1.82, 2.24) is 9.55 Å². The van der Waals surface area contributed by atoms with E-state index in [0.29, 0.717) is 5.82 Å². The van der Waals surface area contributed by atoms with Crippen LogP contribution >= 0.6 is 0 Å². The van der Waals surface area contributed by atoms with Crippen molar-refractivity contribution in [3.63, 3.8) is 0 Å². The first-order valence-corrected chi connectivity index (χ1v) is 9.59. The first kappa shape index (κ1) is 18.7. The molecular formula is C25H22N2O2. The Morgan fingerprint density at radius 2 is 1.24 bits per heavy atom. The van der Waals surface area contributed by atoms with Crippen LogP contribution in [0.4, 0.5) is 0 Å². The van der Waals surface area contributed by atoms with Crippen LogP contribution in [0.3, 0.4) is 0 Å². The molecule has 4 aromatic rings. The fourth-order valence-corrected chi connectivity index (χ4v) is 3.98. The minimum Gasteiger partial charge on any atom is -0.481 e. The van der Waals surface area contributed by atoms with E-state index in [1.165, 1.54) is 0 Å². The molecule has 0 fully saturated rings. The summed E-state index contributed by atoms with van der Waals surface area (Å²) in [5, 5.41) is 9.70. The highest BCUT2D eigenvalue weighted by Crippen LogP contribution is 2.42.